The second-order valence-corrected chi connectivity index (χ2v) is 4.10. The van der Waals surface area contributed by atoms with Crippen LogP contribution in [0.15, 0.2) is 0 Å². The predicted molar refractivity (Wildman–Crippen MR) is 54.4 cm³/mol. The number of ketones is 1. The lowest BCUT2D eigenvalue weighted by Gasteiger charge is -2.30. The molecular formula is C10H13F3N2O3. The summed E-state index contributed by atoms with van der Waals surface area (Å²) in [5, 5.41) is 1.68. The lowest BCUT2D eigenvalue weighted by molar-refractivity contribution is -0.173. The largest absolute Gasteiger partial charge is 0.471 e. The number of alkyl halides is 3. The minimum Gasteiger partial charge on any atom is -0.348 e. The number of amides is 2. The Hall–Kier alpha value is -1.60. The van der Waals surface area contributed by atoms with Crippen molar-refractivity contribution in [3.05, 3.63) is 0 Å². The molecule has 2 amide bonds. The SMILES string of the molecule is CC(=O)N1CCC(CNC(=O)C(F)(F)F)C(=O)C1. The predicted octanol–water partition coefficient (Wildman–Crippen LogP) is 0.102. The minimum atomic E-state index is -4.94. The Balaban J connectivity index is 2.44. The summed E-state index contributed by atoms with van der Waals surface area (Å²) in [7, 11) is 0. The van der Waals surface area contributed by atoms with Crippen LogP contribution < -0.4 is 5.32 Å². The van der Waals surface area contributed by atoms with Gasteiger partial charge in [0.25, 0.3) is 0 Å². The van der Waals surface area contributed by atoms with Crippen molar-refractivity contribution >= 4 is 17.6 Å². The van der Waals surface area contributed by atoms with Crippen molar-refractivity contribution in [3.8, 4) is 0 Å². The molecule has 1 rings (SSSR count). The molecule has 0 bridgehead atoms. The van der Waals surface area contributed by atoms with Gasteiger partial charge in [0.1, 0.15) is 0 Å². The average molecular weight is 266 g/mol. The molecular weight excluding hydrogens is 253 g/mol. The van der Waals surface area contributed by atoms with Gasteiger partial charge in [0.15, 0.2) is 5.78 Å². The lowest BCUT2D eigenvalue weighted by atomic mass is 9.95. The van der Waals surface area contributed by atoms with Gasteiger partial charge in [-0.25, -0.2) is 0 Å². The van der Waals surface area contributed by atoms with Crippen molar-refractivity contribution < 1.29 is 27.6 Å². The molecule has 1 saturated heterocycles. The second-order valence-electron chi connectivity index (χ2n) is 4.10. The molecule has 1 atom stereocenters. The smallest absolute Gasteiger partial charge is 0.348 e. The van der Waals surface area contributed by atoms with Crippen molar-refractivity contribution in [2.24, 2.45) is 5.92 Å². The number of piperidine rings is 1. The molecule has 1 N–H and O–H groups in total. The first-order chi connectivity index (χ1) is 8.21. The van der Waals surface area contributed by atoms with E-state index in [0.29, 0.717) is 6.54 Å². The highest BCUT2D eigenvalue weighted by Gasteiger charge is 2.39. The van der Waals surface area contributed by atoms with E-state index in [1.807, 2.05) is 0 Å². The molecule has 1 fully saturated rings. The Labute approximate surface area is 101 Å². The highest BCUT2D eigenvalue weighted by atomic mass is 19.4. The summed E-state index contributed by atoms with van der Waals surface area (Å²) < 4.78 is 35.8. The van der Waals surface area contributed by atoms with Crippen LogP contribution in [0.4, 0.5) is 13.2 Å². The van der Waals surface area contributed by atoms with Gasteiger partial charge in [-0.15, -0.1) is 0 Å². The summed E-state index contributed by atoms with van der Waals surface area (Å²) >= 11 is 0. The maximum Gasteiger partial charge on any atom is 0.471 e. The number of likely N-dealkylation sites (tertiary alicyclic amines) is 1. The van der Waals surface area contributed by atoms with Gasteiger partial charge in [-0.3, -0.25) is 14.4 Å². The molecule has 0 aliphatic carbocycles. The van der Waals surface area contributed by atoms with Gasteiger partial charge in [-0.1, -0.05) is 0 Å². The van der Waals surface area contributed by atoms with E-state index in [0.717, 1.165) is 0 Å². The molecule has 8 heteroatoms. The molecule has 1 heterocycles. The normalized spacial score (nSPS) is 20.8. The van der Waals surface area contributed by atoms with Crippen molar-refractivity contribution in [2.45, 2.75) is 19.5 Å². The molecule has 102 valence electrons. The number of carbonyl (C=O) groups excluding carboxylic acids is 3. The van der Waals surface area contributed by atoms with E-state index < -0.39 is 18.0 Å². The standard InChI is InChI=1S/C10H13F3N2O3/c1-6(16)15-3-2-7(8(17)5-15)4-14-9(18)10(11,12)13/h7H,2-5H2,1H3,(H,14,18). The van der Waals surface area contributed by atoms with Crippen LogP contribution in [0.1, 0.15) is 13.3 Å². The molecule has 0 radical (unpaired) electrons. The van der Waals surface area contributed by atoms with Gasteiger partial charge in [0.2, 0.25) is 5.91 Å². The Morgan fingerprint density at radius 1 is 1.44 bits per heavy atom. The van der Waals surface area contributed by atoms with E-state index in [4.69, 9.17) is 0 Å². The fraction of sp³-hybridized carbons (Fsp3) is 0.700. The van der Waals surface area contributed by atoms with E-state index in [2.05, 4.69) is 0 Å². The van der Waals surface area contributed by atoms with E-state index in [9.17, 15) is 27.6 Å². The zero-order valence-electron chi connectivity index (χ0n) is 9.71. The molecule has 0 aromatic carbocycles. The molecule has 0 saturated carbocycles. The van der Waals surface area contributed by atoms with Crippen LogP contribution in [0.5, 0.6) is 0 Å². The van der Waals surface area contributed by atoms with Crippen LogP contribution in [-0.2, 0) is 14.4 Å². The molecule has 18 heavy (non-hydrogen) atoms. The number of carbonyl (C=O) groups is 3. The van der Waals surface area contributed by atoms with Gasteiger partial charge in [-0.05, 0) is 6.42 Å². The van der Waals surface area contributed by atoms with Crippen LogP contribution in [0.25, 0.3) is 0 Å². The summed E-state index contributed by atoms with van der Waals surface area (Å²) in [4.78, 5) is 34.4. The highest BCUT2D eigenvalue weighted by molar-refractivity contribution is 5.89. The summed E-state index contributed by atoms with van der Waals surface area (Å²) in [5.41, 5.74) is 0. The molecule has 1 aliphatic heterocycles. The first-order valence-corrected chi connectivity index (χ1v) is 5.35. The Bertz CT molecular complexity index is 368. The third-order valence-electron chi connectivity index (χ3n) is 2.76. The number of nitrogens with one attached hydrogen (secondary N) is 1. The minimum absolute atomic E-state index is 0.109. The number of rotatable bonds is 2. The first kappa shape index (κ1) is 14.5. The molecule has 0 aromatic heterocycles. The van der Waals surface area contributed by atoms with Crippen molar-refractivity contribution in [3.63, 3.8) is 0 Å². The Morgan fingerprint density at radius 3 is 2.50 bits per heavy atom. The number of hydrogen-bond acceptors (Lipinski definition) is 3. The fourth-order valence-electron chi connectivity index (χ4n) is 1.67. The van der Waals surface area contributed by atoms with E-state index in [1.54, 1.807) is 5.32 Å². The third kappa shape index (κ3) is 3.71. The van der Waals surface area contributed by atoms with Crippen LogP contribution in [-0.4, -0.2) is 48.3 Å². The van der Waals surface area contributed by atoms with Gasteiger partial charge >= 0.3 is 12.1 Å². The fourth-order valence-corrected chi connectivity index (χ4v) is 1.67. The van der Waals surface area contributed by atoms with Gasteiger partial charge in [0, 0.05) is 25.9 Å². The van der Waals surface area contributed by atoms with Crippen molar-refractivity contribution in [1.82, 2.24) is 10.2 Å². The molecule has 1 aliphatic rings. The number of halogens is 3. The topological polar surface area (TPSA) is 66.5 Å². The quantitative estimate of drug-likeness (QED) is 0.771. The second kappa shape index (κ2) is 5.36. The average Bonchev–Trinajstić information content (AvgIpc) is 2.25. The Kier molecular flexibility index (Phi) is 4.31. The zero-order valence-corrected chi connectivity index (χ0v) is 9.71. The monoisotopic (exact) mass is 266 g/mol. The van der Waals surface area contributed by atoms with Crippen molar-refractivity contribution in [2.75, 3.05) is 19.6 Å². The molecule has 1 unspecified atom stereocenters. The Morgan fingerprint density at radius 2 is 2.06 bits per heavy atom. The summed E-state index contributed by atoms with van der Waals surface area (Å²) in [6, 6.07) is 0. The maximum atomic E-state index is 11.9. The number of Topliss-reactive ketones (excluding diaryl/α,β-unsaturated/α-hetero) is 1. The lowest BCUT2D eigenvalue weighted by Crippen LogP contribution is -2.48. The summed E-state index contributed by atoms with van der Waals surface area (Å²) in [6.45, 7) is 1.18. The maximum absolute atomic E-state index is 11.9. The van der Waals surface area contributed by atoms with Gasteiger partial charge < -0.3 is 10.2 Å². The van der Waals surface area contributed by atoms with Gasteiger partial charge in [0.05, 0.1) is 6.54 Å². The number of nitrogens with zero attached hydrogens (tertiary/aromatic N) is 1. The molecule has 0 spiro atoms. The molecule has 5 nitrogen and oxygen atoms in total. The number of hydrogen-bond donors (Lipinski definition) is 1. The van der Waals surface area contributed by atoms with Gasteiger partial charge in [-0.2, -0.15) is 13.2 Å². The highest BCUT2D eigenvalue weighted by Crippen LogP contribution is 2.16. The molecule has 0 aromatic rings. The first-order valence-electron chi connectivity index (χ1n) is 5.35. The van der Waals surface area contributed by atoms with Crippen LogP contribution in [0.3, 0.4) is 0 Å². The van der Waals surface area contributed by atoms with Crippen molar-refractivity contribution in [1.29, 1.82) is 0 Å². The third-order valence-corrected chi connectivity index (χ3v) is 2.76. The zero-order chi connectivity index (χ0) is 13.9. The summed E-state index contributed by atoms with van der Waals surface area (Å²) in [6.07, 6.45) is -4.68. The van der Waals surface area contributed by atoms with Crippen LogP contribution in [0, 0.1) is 5.92 Å². The van der Waals surface area contributed by atoms with E-state index >= 15 is 0 Å². The van der Waals surface area contributed by atoms with E-state index in [-0.39, 0.29) is 31.2 Å². The van der Waals surface area contributed by atoms with E-state index in [1.165, 1.54) is 11.8 Å². The van der Waals surface area contributed by atoms with Crippen LogP contribution >= 0.6 is 0 Å². The van der Waals surface area contributed by atoms with Crippen LogP contribution in [0.2, 0.25) is 0 Å². The summed E-state index contributed by atoms with van der Waals surface area (Å²) in [5.74, 6) is -3.30.